The van der Waals surface area contributed by atoms with Gasteiger partial charge in [0, 0.05) is 6.07 Å². The molecule has 0 N–H and O–H groups in total. The van der Waals surface area contributed by atoms with Gasteiger partial charge < -0.3 is 28.3 Å². The van der Waals surface area contributed by atoms with Gasteiger partial charge in [-0.05, 0) is 70.5 Å². The number of hydrogen-bond acceptors (Lipinski definition) is 6. The van der Waals surface area contributed by atoms with Crippen LogP contribution in [0, 0.1) is 0 Å². The summed E-state index contributed by atoms with van der Waals surface area (Å²) in [4.78, 5) is 0. The third kappa shape index (κ3) is 4.82. The van der Waals surface area contributed by atoms with Gasteiger partial charge in [-0.25, -0.2) is 0 Å². The quantitative estimate of drug-likeness (QED) is 0.623. The molecule has 0 aliphatic carbocycles. The third-order valence-electron chi connectivity index (χ3n) is 6.07. The maximum absolute atomic E-state index is 6.25. The highest BCUT2D eigenvalue weighted by Crippen LogP contribution is 2.41. The Morgan fingerprint density at radius 1 is 0.964 bits per heavy atom. The van der Waals surface area contributed by atoms with E-state index in [1.54, 1.807) is 14.2 Å². The first-order valence-electron chi connectivity index (χ1n) is 10.1. The van der Waals surface area contributed by atoms with Gasteiger partial charge in [-0.1, -0.05) is 0 Å². The predicted molar refractivity (Wildman–Crippen MR) is 108 cm³/mol. The van der Waals surface area contributed by atoms with Crippen molar-refractivity contribution in [3.63, 3.8) is 0 Å². The van der Waals surface area contributed by atoms with Gasteiger partial charge in [0.2, 0.25) is 0 Å². The number of benzene rings is 1. The lowest BCUT2D eigenvalue weighted by Crippen LogP contribution is -2.41. The Morgan fingerprint density at radius 3 is 2.00 bits per heavy atom. The molecule has 0 spiro atoms. The summed E-state index contributed by atoms with van der Waals surface area (Å²) in [5.74, 6) is 1.76. The molecule has 0 saturated carbocycles. The fourth-order valence-corrected chi connectivity index (χ4v) is 3.69. The minimum atomic E-state index is -0.341. The summed E-state index contributed by atoms with van der Waals surface area (Å²) in [5.41, 5.74) is 0.460. The summed E-state index contributed by atoms with van der Waals surface area (Å²) >= 11 is 0. The van der Waals surface area contributed by atoms with Crippen LogP contribution in [-0.2, 0) is 18.8 Å². The third-order valence-corrected chi connectivity index (χ3v) is 6.07. The van der Waals surface area contributed by atoms with E-state index in [1.807, 2.05) is 6.07 Å². The van der Waals surface area contributed by atoms with Crippen molar-refractivity contribution in [2.45, 2.75) is 70.3 Å². The Kier molecular flexibility index (Phi) is 6.59. The van der Waals surface area contributed by atoms with Gasteiger partial charge in [0.25, 0.3) is 0 Å². The zero-order valence-corrected chi connectivity index (χ0v) is 17.9. The van der Waals surface area contributed by atoms with Crippen LogP contribution < -0.4 is 9.47 Å². The van der Waals surface area contributed by atoms with Gasteiger partial charge in [-0.2, -0.15) is 0 Å². The Morgan fingerprint density at radius 2 is 1.50 bits per heavy atom. The van der Waals surface area contributed by atoms with Crippen LogP contribution in [0.15, 0.2) is 18.2 Å². The van der Waals surface area contributed by atoms with Crippen LogP contribution in [0.5, 0.6) is 11.5 Å². The van der Waals surface area contributed by atoms with E-state index in [0.717, 1.165) is 36.2 Å². The van der Waals surface area contributed by atoms with Crippen molar-refractivity contribution in [3.05, 3.63) is 23.8 Å². The zero-order valence-electron chi connectivity index (χ0n) is 17.9. The molecular formula is C21H33BO6. The molecule has 2 aliphatic heterocycles. The second-order valence-electron chi connectivity index (χ2n) is 8.51. The number of methoxy groups -OCH3 is 2. The lowest BCUT2D eigenvalue weighted by molar-refractivity contribution is -0.0486. The number of ether oxygens (including phenoxy) is 4. The highest BCUT2D eigenvalue weighted by atomic mass is 16.7. The minimum Gasteiger partial charge on any atom is -0.497 e. The van der Waals surface area contributed by atoms with E-state index in [9.17, 15) is 0 Å². The van der Waals surface area contributed by atoms with Crippen molar-refractivity contribution in [3.8, 4) is 11.5 Å². The first-order chi connectivity index (χ1) is 13.2. The Labute approximate surface area is 168 Å². The Bertz CT molecular complexity index is 618. The standard InChI is InChI=1S/C21H33BO6/c1-20(2)21(3,4)28-22(27-20)14-15(7-8-19-25-9-10-26-19)16-11-17(23-5)13-18(12-16)24-6/h11-13,15,19H,7-10,14H2,1-6H3/t15-/m1/s1. The number of rotatable bonds is 8. The van der Waals surface area contributed by atoms with Gasteiger partial charge >= 0.3 is 7.12 Å². The maximum Gasteiger partial charge on any atom is 0.458 e. The summed E-state index contributed by atoms with van der Waals surface area (Å²) < 4.78 is 34.7. The van der Waals surface area contributed by atoms with E-state index in [0.29, 0.717) is 13.2 Å². The summed E-state index contributed by atoms with van der Waals surface area (Å²) in [6, 6.07) is 6.02. The molecular weight excluding hydrogens is 359 g/mol. The molecule has 0 amide bonds. The molecule has 1 aromatic rings. The molecule has 1 atom stereocenters. The van der Waals surface area contributed by atoms with E-state index in [2.05, 4.69) is 39.8 Å². The average Bonchev–Trinajstić information content (AvgIpc) is 3.23. The smallest absolute Gasteiger partial charge is 0.458 e. The zero-order chi connectivity index (χ0) is 20.4. The monoisotopic (exact) mass is 392 g/mol. The van der Waals surface area contributed by atoms with E-state index in [-0.39, 0.29) is 30.5 Å². The van der Waals surface area contributed by atoms with Crippen LogP contribution in [-0.4, -0.2) is 52.0 Å². The second-order valence-corrected chi connectivity index (χ2v) is 8.51. The van der Waals surface area contributed by atoms with Gasteiger partial charge in [-0.3, -0.25) is 0 Å². The van der Waals surface area contributed by atoms with Crippen molar-refractivity contribution in [2.24, 2.45) is 0 Å². The van der Waals surface area contributed by atoms with Crippen molar-refractivity contribution in [2.75, 3.05) is 27.4 Å². The molecule has 0 bridgehead atoms. The summed E-state index contributed by atoms with van der Waals surface area (Å²) in [6.45, 7) is 9.65. The topological polar surface area (TPSA) is 55.4 Å². The maximum atomic E-state index is 6.25. The normalized spacial score (nSPS) is 22.4. The van der Waals surface area contributed by atoms with Crippen molar-refractivity contribution in [1.29, 1.82) is 0 Å². The molecule has 0 aromatic heterocycles. The van der Waals surface area contributed by atoms with Crippen LogP contribution in [0.4, 0.5) is 0 Å². The fraction of sp³-hybridized carbons (Fsp3) is 0.714. The lowest BCUT2D eigenvalue weighted by Gasteiger charge is -2.32. The molecule has 0 radical (unpaired) electrons. The van der Waals surface area contributed by atoms with Crippen LogP contribution in [0.1, 0.15) is 52.0 Å². The van der Waals surface area contributed by atoms with E-state index < -0.39 is 0 Å². The first kappa shape index (κ1) is 21.4. The van der Waals surface area contributed by atoms with Crippen LogP contribution >= 0.6 is 0 Å². The van der Waals surface area contributed by atoms with Crippen molar-refractivity contribution >= 4 is 7.12 Å². The fourth-order valence-electron chi connectivity index (χ4n) is 3.69. The van der Waals surface area contributed by atoms with Crippen LogP contribution in [0.25, 0.3) is 0 Å². The molecule has 3 rings (SSSR count). The van der Waals surface area contributed by atoms with E-state index >= 15 is 0 Å². The molecule has 0 unspecified atom stereocenters. The lowest BCUT2D eigenvalue weighted by atomic mass is 9.73. The van der Waals surface area contributed by atoms with Crippen LogP contribution in [0.3, 0.4) is 0 Å². The molecule has 28 heavy (non-hydrogen) atoms. The molecule has 2 heterocycles. The van der Waals surface area contributed by atoms with Gasteiger partial charge in [0.1, 0.15) is 11.5 Å². The molecule has 156 valence electrons. The molecule has 2 saturated heterocycles. The summed E-state index contributed by atoms with van der Waals surface area (Å²) in [7, 11) is 3.07. The van der Waals surface area contributed by atoms with Gasteiger partial charge in [0.05, 0.1) is 38.6 Å². The number of hydrogen-bond donors (Lipinski definition) is 0. The Hall–Kier alpha value is -1.28. The van der Waals surface area contributed by atoms with Gasteiger partial charge in [0.15, 0.2) is 6.29 Å². The molecule has 7 heteroatoms. The second kappa shape index (κ2) is 8.62. The summed E-state index contributed by atoms with van der Waals surface area (Å²) in [5, 5.41) is 0. The van der Waals surface area contributed by atoms with Gasteiger partial charge in [-0.15, -0.1) is 0 Å². The van der Waals surface area contributed by atoms with Crippen molar-refractivity contribution in [1.82, 2.24) is 0 Å². The first-order valence-corrected chi connectivity index (χ1v) is 10.1. The van der Waals surface area contributed by atoms with Crippen molar-refractivity contribution < 1.29 is 28.3 Å². The SMILES string of the molecule is COc1cc(OC)cc([C@H](CCC2OCCO2)CB2OC(C)(C)C(C)(C)O2)c1. The molecule has 1 aromatic carbocycles. The molecule has 2 aliphatic rings. The average molecular weight is 392 g/mol. The highest BCUT2D eigenvalue weighted by molar-refractivity contribution is 6.45. The summed E-state index contributed by atoms with van der Waals surface area (Å²) in [6.07, 6.45) is 2.33. The minimum absolute atomic E-state index is 0.131. The predicted octanol–water partition coefficient (Wildman–Crippen LogP) is 4.03. The highest BCUT2D eigenvalue weighted by Gasteiger charge is 2.51. The largest absolute Gasteiger partial charge is 0.497 e. The molecule has 6 nitrogen and oxygen atoms in total. The van der Waals surface area contributed by atoms with E-state index in [4.69, 9.17) is 28.3 Å². The Balaban J connectivity index is 1.79. The van der Waals surface area contributed by atoms with E-state index in [1.165, 1.54) is 0 Å². The van der Waals surface area contributed by atoms with Crippen LogP contribution in [0.2, 0.25) is 6.32 Å². The molecule has 2 fully saturated rings.